The Morgan fingerprint density at radius 1 is 1.03 bits per heavy atom. The summed E-state index contributed by atoms with van der Waals surface area (Å²) in [5, 5.41) is 42.7. The molecule has 2 aromatic rings. The maximum absolute atomic E-state index is 13.3. The Hall–Kier alpha value is -3.11. The van der Waals surface area contributed by atoms with Crippen LogP contribution in [0.3, 0.4) is 0 Å². The molecule has 1 fully saturated rings. The van der Waals surface area contributed by atoms with Gasteiger partial charge in [0.15, 0.2) is 11.6 Å². The van der Waals surface area contributed by atoms with Gasteiger partial charge in [0.25, 0.3) is 0 Å². The molecular formula is C25H25NO8. The van der Waals surface area contributed by atoms with Crippen LogP contribution in [0.4, 0.5) is 0 Å². The van der Waals surface area contributed by atoms with Gasteiger partial charge >= 0.3 is 0 Å². The van der Waals surface area contributed by atoms with Crippen molar-refractivity contribution in [3.63, 3.8) is 0 Å². The van der Waals surface area contributed by atoms with Gasteiger partial charge < -0.3 is 30.9 Å². The topological polar surface area (TPSA) is 167 Å². The van der Waals surface area contributed by atoms with Gasteiger partial charge in [0, 0.05) is 41.0 Å². The van der Waals surface area contributed by atoms with E-state index < -0.39 is 52.8 Å². The van der Waals surface area contributed by atoms with E-state index in [2.05, 4.69) is 0 Å². The molecule has 0 saturated carbocycles. The summed E-state index contributed by atoms with van der Waals surface area (Å²) in [5.41, 5.74) is 4.91. The molecule has 1 heterocycles. The number of aliphatic hydroxyl groups is 2. The summed E-state index contributed by atoms with van der Waals surface area (Å²) in [6.07, 6.45) is -3.08. The first-order valence-corrected chi connectivity index (χ1v) is 11.1. The van der Waals surface area contributed by atoms with Crippen LogP contribution in [-0.4, -0.2) is 68.2 Å². The maximum Gasteiger partial charge on any atom is 0.198 e. The van der Waals surface area contributed by atoms with E-state index in [1.165, 1.54) is 19.1 Å². The Bertz CT molecular complexity index is 1250. The fourth-order valence-electron chi connectivity index (χ4n) is 5.51. The first-order valence-electron chi connectivity index (χ1n) is 11.1. The Morgan fingerprint density at radius 3 is 2.18 bits per heavy atom. The van der Waals surface area contributed by atoms with Gasteiger partial charge in [-0.2, -0.15) is 0 Å². The van der Waals surface area contributed by atoms with Crippen molar-refractivity contribution < 1.29 is 39.5 Å². The third-order valence-electron chi connectivity index (χ3n) is 7.46. The maximum atomic E-state index is 13.3. The molecule has 3 aliphatic rings. The number of Topliss-reactive ketones (excluding diaryl/α,β-unsaturated/α-hetero) is 1. The number of carbonyl (C=O) groups excluding carboxylic acids is 3. The number of ether oxygens (including phenoxy) is 1. The average molecular weight is 467 g/mol. The lowest BCUT2D eigenvalue weighted by molar-refractivity contribution is -0.133. The highest BCUT2D eigenvalue weighted by Gasteiger charge is 2.49. The van der Waals surface area contributed by atoms with E-state index in [0.717, 1.165) is 0 Å². The Labute approximate surface area is 194 Å². The zero-order chi connectivity index (χ0) is 24.5. The normalized spacial score (nSPS) is 30.4. The van der Waals surface area contributed by atoms with Crippen molar-refractivity contribution in [1.82, 2.24) is 0 Å². The van der Waals surface area contributed by atoms with Crippen LogP contribution in [0.1, 0.15) is 68.7 Å². The average Bonchev–Trinajstić information content (AvgIpc) is 2.81. The number of hydrogen-bond acceptors (Lipinski definition) is 9. The van der Waals surface area contributed by atoms with Gasteiger partial charge in [-0.25, -0.2) is 0 Å². The SMILES string of the molecule is CC(=O)[C@]1(N)Cc2c(O)c3c(c(O)c2[C@@H](C2CC(O)C(O)CO2)C1)C(=O)c1ccccc1C3=O. The molecule has 0 amide bonds. The number of phenols is 2. The zero-order valence-electron chi connectivity index (χ0n) is 18.4. The van der Waals surface area contributed by atoms with Crippen molar-refractivity contribution in [3.8, 4) is 11.5 Å². The number of ketones is 3. The van der Waals surface area contributed by atoms with E-state index in [1.54, 1.807) is 12.1 Å². The predicted octanol–water partition coefficient (Wildman–Crippen LogP) is 0.700. The molecule has 0 spiro atoms. The fourth-order valence-corrected chi connectivity index (χ4v) is 5.51. The van der Waals surface area contributed by atoms with E-state index in [9.17, 15) is 34.8 Å². The summed E-state index contributed by atoms with van der Waals surface area (Å²) in [7, 11) is 0. The van der Waals surface area contributed by atoms with Crippen molar-refractivity contribution in [2.75, 3.05) is 6.61 Å². The lowest BCUT2D eigenvalue weighted by atomic mass is 9.66. The van der Waals surface area contributed by atoms with Crippen LogP contribution < -0.4 is 5.73 Å². The van der Waals surface area contributed by atoms with Crippen LogP contribution in [0.15, 0.2) is 24.3 Å². The molecular weight excluding hydrogens is 442 g/mol. The third-order valence-corrected chi connectivity index (χ3v) is 7.46. The van der Waals surface area contributed by atoms with Gasteiger partial charge in [-0.3, -0.25) is 14.4 Å². The van der Waals surface area contributed by atoms with Gasteiger partial charge in [0.2, 0.25) is 0 Å². The van der Waals surface area contributed by atoms with E-state index in [0.29, 0.717) is 0 Å². The van der Waals surface area contributed by atoms with Crippen molar-refractivity contribution in [2.45, 2.75) is 56.0 Å². The van der Waals surface area contributed by atoms with Crippen LogP contribution >= 0.6 is 0 Å². The lowest BCUT2D eigenvalue weighted by Crippen LogP contribution is -2.55. The second-order valence-electron chi connectivity index (χ2n) is 9.49. The highest BCUT2D eigenvalue weighted by Crippen LogP contribution is 2.52. The first kappa shape index (κ1) is 22.7. The Kier molecular flexibility index (Phi) is 5.14. The summed E-state index contributed by atoms with van der Waals surface area (Å²) in [6.45, 7) is 1.15. The van der Waals surface area contributed by atoms with E-state index >= 15 is 0 Å². The number of fused-ring (bicyclic) bond motifs is 3. The molecule has 9 nitrogen and oxygen atoms in total. The van der Waals surface area contributed by atoms with Crippen LogP contribution in [0.2, 0.25) is 0 Å². The van der Waals surface area contributed by atoms with Crippen LogP contribution in [0.25, 0.3) is 0 Å². The molecule has 178 valence electrons. The van der Waals surface area contributed by atoms with Gasteiger partial charge in [-0.1, -0.05) is 24.3 Å². The van der Waals surface area contributed by atoms with Crippen LogP contribution in [0.5, 0.6) is 11.5 Å². The number of aliphatic hydroxyl groups excluding tert-OH is 2. The zero-order valence-corrected chi connectivity index (χ0v) is 18.4. The number of hydrogen-bond donors (Lipinski definition) is 5. The highest BCUT2D eigenvalue weighted by atomic mass is 16.5. The summed E-state index contributed by atoms with van der Waals surface area (Å²) < 4.78 is 5.75. The van der Waals surface area contributed by atoms with E-state index in [4.69, 9.17) is 10.5 Å². The number of benzene rings is 2. The molecule has 0 aromatic heterocycles. The van der Waals surface area contributed by atoms with Crippen molar-refractivity contribution in [1.29, 1.82) is 0 Å². The minimum absolute atomic E-state index is 0.00768. The molecule has 0 radical (unpaired) electrons. The van der Waals surface area contributed by atoms with Crippen molar-refractivity contribution >= 4 is 17.3 Å². The molecule has 9 heteroatoms. The molecule has 2 aromatic carbocycles. The minimum Gasteiger partial charge on any atom is -0.507 e. The fraction of sp³-hybridized carbons (Fsp3) is 0.400. The number of phenolic OH excluding ortho intramolecular Hbond substituents is 2. The van der Waals surface area contributed by atoms with Crippen molar-refractivity contribution in [3.05, 3.63) is 57.6 Å². The smallest absolute Gasteiger partial charge is 0.198 e. The standard InChI is InChI=1S/C25H25NO8/c1-10(27)25(26)7-13(17-6-15(28)16(29)9-34-17)18-14(8-25)23(32)19-20(24(18)33)22(31)12-5-3-2-4-11(12)21(19)30/h2-5,13,15-17,28-29,32-33H,6-9,26H2,1H3/t13-,15?,16?,17?,25-/m1/s1. The summed E-state index contributed by atoms with van der Waals surface area (Å²) in [6, 6.07) is 6.16. The first-order chi connectivity index (χ1) is 16.0. The molecule has 3 unspecified atom stereocenters. The molecule has 5 rings (SSSR count). The summed E-state index contributed by atoms with van der Waals surface area (Å²) >= 11 is 0. The quantitative estimate of drug-likeness (QED) is 0.341. The van der Waals surface area contributed by atoms with Gasteiger partial charge in [0.05, 0.1) is 35.5 Å². The molecule has 2 aliphatic carbocycles. The largest absolute Gasteiger partial charge is 0.507 e. The lowest BCUT2D eigenvalue weighted by Gasteiger charge is -2.44. The van der Waals surface area contributed by atoms with Gasteiger partial charge in [-0.15, -0.1) is 0 Å². The van der Waals surface area contributed by atoms with E-state index in [-0.39, 0.29) is 65.0 Å². The Morgan fingerprint density at radius 2 is 1.62 bits per heavy atom. The summed E-state index contributed by atoms with van der Waals surface area (Å²) in [4.78, 5) is 39.1. The van der Waals surface area contributed by atoms with Crippen LogP contribution in [0, 0.1) is 0 Å². The number of carbonyl (C=O) groups is 3. The monoisotopic (exact) mass is 467 g/mol. The third kappa shape index (κ3) is 3.12. The summed E-state index contributed by atoms with van der Waals surface area (Å²) in [5.74, 6) is -3.31. The van der Waals surface area contributed by atoms with Gasteiger partial charge in [-0.05, 0) is 13.3 Å². The Balaban J connectivity index is 1.75. The molecule has 34 heavy (non-hydrogen) atoms. The van der Waals surface area contributed by atoms with Gasteiger partial charge in [0.1, 0.15) is 23.4 Å². The minimum atomic E-state index is -1.43. The molecule has 0 bridgehead atoms. The predicted molar refractivity (Wildman–Crippen MR) is 118 cm³/mol. The second-order valence-corrected chi connectivity index (χ2v) is 9.49. The number of aromatic hydroxyl groups is 2. The van der Waals surface area contributed by atoms with Crippen LogP contribution in [-0.2, 0) is 16.0 Å². The number of nitrogens with two attached hydrogens (primary N) is 1. The van der Waals surface area contributed by atoms with E-state index in [1.807, 2.05) is 0 Å². The molecule has 1 saturated heterocycles. The molecule has 1 aliphatic heterocycles. The molecule has 6 N–H and O–H groups in total. The highest BCUT2D eigenvalue weighted by molar-refractivity contribution is 6.30. The number of rotatable bonds is 2. The second kappa shape index (κ2) is 7.71. The van der Waals surface area contributed by atoms with Crippen molar-refractivity contribution in [2.24, 2.45) is 5.73 Å². The molecule has 5 atom stereocenters.